The maximum Gasteiger partial charge on any atom is 0.256 e. The number of rotatable bonds is 5. The number of hydrogen-bond acceptors (Lipinski definition) is 5. The first-order chi connectivity index (χ1) is 13.0. The number of halogens is 1. The Bertz CT molecular complexity index is 835. The number of benzene rings is 2. The van der Waals surface area contributed by atoms with Gasteiger partial charge in [0.1, 0.15) is 0 Å². The Morgan fingerprint density at radius 3 is 2.41 bits per heavy atom. The highest BCUT2D eigenvalue weighted by Gasteiger charge is 2.17. The highest BCUT2D eigenvalue weighted by atomic mass is 127. The van der Waals surface area contributed by atoms with Gasteiger partial charge in [0.15, 0.2) is 11.5 Å². The monoisotopic (exact) mass is 482 g/mol. The molecule has 144 valence electrons. The third-order valence-electron chi connectivity index (χ3n) is 4.55. The number of hydrogen-bond donors (Lipinski definition) is 1. The lowest BCUT2D eigenvalue weighted by molar-refractivity contribution is 0.102. The molecule has 0 atom stereocenters. The lowest BCUT2D eigenvalue weighted by atomic mass is 10.1. The number of methoxy groups -OCH3 is 2. The van der Waals surface area contributed by atoms with Crippen LogP contribution in [0.25, 0.3) is 0 Å². The Hall–Kier alpha value is -2.00. The van der Waals surface area contributed by atoms with Gasteiger partial charge in [-0.1, -0.05) is 0 Å². The van der Waals surface area contributed by atoms with E-state index in [9.17, 15) is 4.79 Å². The predicted octanol–water partition coefficient (Wildman–Crippen LogP) is 3.71. The molecular weight excluding hydrogens is 459 g/mol. The fraction of sp³-hybridized carbons (Fsp3) is 0.350. The summed E-state index contributed by atoms with van der Waals surface area (Å²) in [4.78, 5) is 15.1. The highest BCUT2D eigenvalue weighted by Crippen LogP contribution is 2.32. The molecule has 1 fully saturated rings. The van der Waals surface area contributed by atoms with E-state index >= 15 is 0 Å². The van der Waals surface area contributed by atoms with Crippen LogP contribution in [0.15, 0.2) is 30.3 Å². The zero-order valence-corrected chi connectivity index (χ0v) is 17.8. The van der Waals surface area contributed by atoms with Gasteiger partial charge in [0.05, 0.1) is 33.0 Å². The van der Waals surface area contributed by atoms with Crippen molar-refractivity contribution in [2.45, 2.75) is 6.92 Å². The number of carbonyl (C=O) groups is 1. The van der Waals surface area contributed by atoms with Crippen LogP contribution < -0.4 is 19.7 Å². The van der Waals surface area contributed by atoms with E-state index in [4.69, 9.17) is 14.2 Å². The standard InChI is InChI=1S/C20H23IN2O4/c1-13-10-14(23-6-8-27-9-7-23)4-5-17(13)22-20(24)15-11-18(25-2)19(26-3)12-16(15)21/h4-5,10-12H,6-9H2,1-3H3,(H,22,24). The van der Waals surface area contributed by atoms with Crippen LogP contribution in [0.2, 0.25) is 0 Å². The zero-order valence-electron chi connectivity index (χ0n) is 15.7. The Morgan fingerprint density at radius 1 is 1.11 bits per heavy atom. The SMILES string of the molecule is COc1cc(I)c(C(=O)Nc2ccc(N3CCOCC3)cc2C)cc1OC. The van der Waals surface area contributed by atoms with Crippen molar-refractivity contribution in [3.8, 4) is 11.5 Å². The molecule has 0 radical (unpaired) electrons. The number of ether oxygens (including phenoxy) is 3. The molecule has 2 aromatic rings. The van der Waals surface area contributed by atoms with Crippen molar-refractivity contribution in [1.82, 2.24) is 0 Å². The summed E-state index contributed by atoms with van der Waals surface area (Å²) in [5, 5.41) is 3.00. The van der Waals surface area contributed by atoms with Crippen LogP contribution >= 0.6 is 22.6 Å². The second-order valence-corrected chi connectivity index (χ2v) is 7.40. The third-order valence-corrected chi connectivity index (χ3v) is 5.44. The summed E-state index contributed by atoms with van der Waals surface area (Å²) in [5.74, 6) is 0.953. The van der Waals surface area contributed by atoms with Crippen LogP contribution in [0.5, 0.6) is 11.5 Å². The van der Waals surface area contributed by atoms with Crippen molar-refractivity contribution < 1.29 is 19.0 Å². The number of aryl methyl sites for hydroxylation is 1. The van der Waals surface area contributed by atoms with Crippen molar-refractivity contribution in [3.63, 3.8) is 0 Å². The van der Waals surface area contributed by atoms with Gasteiger partial charge in [-0.3, -0.25) is 4.79 Å². The van der Waals surface area contributed by atoms with Crippen molar-refractivity contribution >= 4 is 39.9 Å². The van der Waals surface area contributed by atoms with Gasteiger partial charge in [0.25, 0.3) is 5.91 Å². The van der Waals surface area contributed by atoms with Crippen LogP contribution in [0.4, 0.5) is 11.4 Å². The Balaban J connectivity index is 1.80. The van der Waals surface area contributed by atoms with E-state index in [0.717, 1.165) is 46.8 Å². The zero-order chi connectivity index (χ0) is 19.4. The minimum atomic E-state index is -0.178. The average Bonchev–Trinajstić information content (AvgIpc) is 2.69. The maximum atomic E-state index is 12.8. The smallest absolute Gasteiger partial charge is 0.256 e. The number of anilines is 2. The van der Waals surface area contributed by atoms with Crippen LogP contribution in [0.1, 0.15) is 15.9 Å². The molecule has 6 nitrogen and oxygen atoms in total. The van der Waals surface area contributed by atoms with Crippen LogP contribution in [-0.2, 0) is 4.74 Å². The molecule has 2 aromatic carbocycles. The second kappa shape index (κ2) is 8.79. The molecule has 0 aromatic heterocycles. The predicted molar refractivity (Wildman–Crippen MR) is 114 cm³/mol. The first-order valence-corrected chi connectivity index (χ1v) is 9.77. The van der Waals surface area contributed by atoms with E-state index in [-0.39, 0.29) is 5.91 Å². The van der Waals surface area contributed by atoms with Gasteiger partial charge >= 0.3 is 0 Å². The molecule has 3 rings (SSSR count). The molecule has 0 aliphatic carbocycles. The van der Waals surface area contributed by atoms with Gasteiger partial charge in [0.2, 0.25) is 0 Å². The molecule has 27 heavy (non-hydrogen) atoms. The summed E-state index contributed by atoms with van der Waals surface area (Å²) in [7, 11) is 3.13. The fourth-order valence-corrected chi connectivity index (χ4v) is 3.71. The summed E-state index contributed by atoms with van der Waals surface area (Å²) in [6.45, 7) is 5.26. The van der Waals surface area contributed by atoms with Crippen LogP contribution in [0, 0.1) is 10.5 Å². The van der Waals surface area contributed by atoms with Gasteiger partial charge in [-0.2, -0.15) is 0 Å². The van der Waals surface area contributed by atoms with Crippen molar-refractivity contribution in [2.24, 2.45) is 0 Å². The van der Waals surface area contributed by atoms with E-state index in [1.807, 2.05) is 19.1 Å². The molecule has 1 amide bonds. The summed E-state index contributed by atoms with van der Waals surface area (Å²) in [6.07, 6.45) is 0. The molecule has 0 bridgehead atoms. The molecule has 1 heterocycles. The normalized spacial score (nSPS) is 14.0. The molecular formula is C20H23IN2O4. The summed E-state index contributed by atoms with van der Waals surface area (Å²) < 4.78 is 16.8. The van der Waals surface area contributed by atoms with Gasteiger partial charge in [-0.15, -0.1) is 0 Å². The van der Waals surface area contributed by atoms with Crippen molar-refractivity contribution in [2.75, 3.05) is 50.7 Å². The Morgan fingerprint density at radius 2 is 1.78 bits per heavy atom. The van der Waals surface area contributed by atoms with Crippen LogP contribution in [-0.4, -0.2) is 46.4 Å². The summed E-state index contributed by atoms with van der Waals surface area (Å²) in [6, 6.07) is 9.58. The number of nitrogens with one attached hydrogen (secondary N) is 1. The van der Waals surface area contributed by atoms with Gasteiger partial charge in [-0.25, -0.2) is 0 Å². The minimum absolute atomic E-state index is 0.178. The quantitative estimate of drug-likeness (QED) is 0.659. The maximum absolute atomic E-state index is 12.8. The first kappa shape index (κ1) is 19.8. The molecule has 1 aliphatic rings. The van der Waals surface area contributed by atoms with Crippen molar-refractivity contribution in [1.29, 1.82) is 0 Å². The largest absolute Gasteiger partial charge is 0.493 e. The number of amides is 1. The highest BCUT2D eigenvalue weighted by molar-refractivity contribution is 14.1. The van der Waals surface area contributed by atoms with E-state index < -0.39 is 0 Å². The van der Waals surface area contributed by atoms with E-state index in [1.54, 1.807) is 26.4 Å². The fourth-order valence-electron chi connectivity index (χ4n) is 3.02. The minimum Gasteiger partial charge on any atom is -0.493 e. The first-order valence-electron chi connectivity index (χ1n) is 8.69. The van der Waals surface area contributed by atoms with Gasteiger partial charge in [-0.05, 0) is 65.4 Å². The summed E-state index contributed by atoms with van der Waals surface area (Å²) >= 11 is 2.13. The van der Waals surface area contributed by atoms with Crippen molar-refractivity contribution in [3.05, 3.63) is 45.0 Å². The van der Waals surface area contributed by atoms with Gasteiger partial charge in [0, 0.05) is 28.0 Å². The van der Waals surface area contributed by atoms with E-state index in [1.165, 1.54) is 0 Å². The summed E-state index contributed by atoms with van der Waals surface area (Å²) in [5.41, 5.74) is 3.50. The topological polar surface area (TPSA) is 60.0 Å². The molecule has 0 saturated carbocycles. The van der Waals surface area contributed by atoms with Gasteiger partial charge < -0.3 is 24.4 Å². The lowest BCUT2D eigenvalue weighted by Crippen LogP contribution is -2.36. The van der Waals surface area contributed by atoms with E-state index in [2.05, 4.69) is 38.9 Å². The molecule has 1 N–H and O–H groups in total. The molecule has 0 spiro atoms. The molecule has 1 aliphatic heterocycles. The number of carbonyl (C=O) groups excluding carboxylic acids is 1. The Labute approximate surface area is 172 Å². The molecule has 0 unspecified atom stereocenters. The molecule has 7 heteroatoms. The number of nitrogens with zero attached hydrogens (tertiary/aromatic N) is 1. The molecule has 1 saturated heterocycles. The van der Waals surface area contributed by atoms with E-state index in [0.29, 0.717) is 17.1 Å². The second-order valence-electron chi connectivity index (χ2n) is 6.24. The lowest BCUT2D eigenvalue weighted by Gasteiger charge is -2.29. The Kier molecular flexibility index (Phi) is 6.43. The average molecular weight is 482 g/mol. The number of morpholine rings is 1. The third kappa shape index (κ3) is 4.47. The van der Waals surface area contributed by atoms with Crippen LogP contribution in [0.3, 0.4) is 0 Å².